The van der Waals surface area contributed by atoms with Gasteiger partial charge in [0.05, 0.1) is 13.2 Å². The lowest BCUT2D eigenvalue weighted by atomic mass is 9.53. The molecule has 0 aromatic heterocycles. The summed E-state index contributed by atoms with van der Waals surface area (Å²) in [6, 6.07) is 13.3. The molecule has 1 aliphatic carbocycles. The van der Waals surface area contributed by atoms with E-state index in [2.05, 4.69) is 6.92 Å². The number of benzene rings is 2. The number of nitrogens with two attached hydrogens (primary N) is 1. The van der Waals surface area contributed by atoms with Gasteiger partial charge in [-0.1, -0.05) is 36.7 Å². The fraction of sp³-hybridized carbons (Fsp3) is 0.519. The molecule has 0 saturated heterocycles. The van der Waals surface area contributed by atoms with Crippen LogP contribution in [0, 0.1) is 11.3 Å². The Morgan fingerprint density at radius 1 is 1.12 bits per heavy atom. The number of hydrogen-bond acceptors (Lipinski definition) is 6. The van der Waals surface area contributed by atoms with Crippen LogP contribution in [0.1, 0.15) is 56.1 Å². The predicted molar refractivity (Wildman–Crippen MR) is 134 cm³/mol. The van der Waals surface area contributed by atoms with Crippen LogP contribution >= 0.6 is 11.6 Å². The van der Waals surface area contributed by atoms with Crippen LogP contribution in [0.5, 0.6) is 11.5 Å². The van der Waals surface area contributed by atoms with Gasteiger partial charge in [-0.15, -0.1) is 0 Å². The van der Waals surface area contributed by atoms with Gasteiger partial charge in [0.15, 0.2) is 0 Å². The zero-order valence-corrected chi connectivity index (χ0v) is 20.7. The number of aldehydes is 1. The molecule has 5 unspecified atom stereocenters. The summed E-state index contributed by atoms with van der Waals surface area (Å²) in [5, 5.41) is 18.7. The molecule has 3 rings (SSSR count). The molecule has 1 aliphatic rings. The van der Waals surface area contributed by atoms with Crippen molar-refractivity contribution in [1.82, 2.24) is 0 Å². The number of hydrogen-bond donors (Lipinski definition) is 3. The number of ether oxygens (including phenoxy) is 2. The lowest BCUT2D eigenvalue weighted by molar-refractivity contribution is -0.123. The highest BCUT2D eigenvalue weighted by molar-refractivity contribution is 6.31. The minimum absolute atomic E-state index is 0.0208. The van der Waals surface area contributed by atoms with Gasteiger partial charge in [-0.3, -0.25) is 0 Å². The monoisotopic (exact) mass is 489 g/mol. The molecule has 4 N–H and O–H groups in total. The standard InChI is InChI=1S/C27H36ClNO5/c1-3-27(17-32)11-10-23(22-9-8-21(16-24(22)28)34-15-13-31)25(26(27)18(2)29)19-4-6-20(7-5-19)33-14-12-30/h4-9,16-18,23,25-26,30-31H,3,10-15,29H2,1-2H3. The van der Waals surface area contributed by atoms with Crippen molar-refractivity contribution < 1.29 is 24.5 Å². The average Bonchev–Trinajstić information content (AvgIpc) is 2.85. The van der Waals surface area contributed by atoms with Crippen LogP contribution in [0.3, 0.4) is 0 Å². The van der Waals surface area contributed by atoms with Crippen LogP contribution in [0.25, 0.3) is 0 Å². The number of aliphatic hydroxyl groups excluding tert-OH is 2. The molecule has 5 atom stereocenters. The quantitative estimate of drug-likeness (QED) is 0.407. The zero-order chi connectivity index (χ0) is 24.7. The van der Waals surface area contributed by atoms with Crippen molar-refractivity contribution in [3.05, 3.63) is 58.6 Å². The van der Waals surface area contributed by atoms with Crippen molar-refractivity contribution >= 4 is 17.9 Å². The fourth-order valence-electron chi connectivity index (χ4n) is 5.66. The second-order valence-electron chi connectivity index (χ2n) is 9.16. The van der Waals surface area contributed by atoms with Crippen molar-refractivity contribution in [3.8, 4) is 11.5 Å². The molecule has 0 amide bonds. The van der Waals surface area contributed by atoms with Crippen molar-refractivity contribution in [2.45, 2.75) is 51.0 Å². The molecule has 0 aliphatic heterocycles. The third-order valence-electron chi connectivity index (χ3n) is 7.22. The van der Waals surface area contributed by atoms with Gasteiger partial charge in [0.1, 0.15) is 31.0 Å². The predicted octanol–water partition coefficient (Wildman–Crippen LogP) is 4.30. The lowest BCUT2D eigenvalue weighted by Crippen LogP contribution is -2.50. The maximum atomic E-state index is 12.5. The summed E-state index contributed by atoms with van der Waals surface area (Å²) in [6.07, 6.45) is 3.40. The van der Waals surface area contributed by atoms with E-state index >= 15 is 0 Å². The highest BCUT2D eigenvalue weighted by Crippen LogP contribution is 2.57. The summed E-state index contributed by atoms with van der Waals surface area (Å²) < 4.78 is 11.1. The Hall–Kier alpha value is -2.12. The maximum Gasteiger partial charge on any atom is 0.126 e. The molecule has 1 fully saturated rings. The van der Waals surface area contributed by atoms with Gasteiger partial charge in [0.25, 0.3) is 0 Å². The smallest absolute Gasteiger partial charge is 0.126 e. The van der Waals surface area contributed by atoms with Crippen molar-refractivity contribution in [3.63, 3.8) is 0 Å². The SMILES string of the molecule is CCC1(C=O)CCC(c2ccc(OCCO)cc2Cl)C(c2ccc(OCCO)cc2)C1C(C)N. The number of carbonyl (C=O) groups is 1. The Morgan fingerprint density at radius 2 is 1.74 bits per heavy atom. The van der Waals surface area contributed by atoms with Crippen LogP contribution in [0.15, 0.2) is 42.5 Å². The van der Waals surface area contributed by atoms with E-state index in [-0.39, 0.29) is 50.2 Å². The van der Waals surface area contributed by atoms with E-state index in [1.165, 1.54) is 0 Å². The van der Waals surface area contributed by atoms with Crippen LogP contribution in [-0.2, 0) is 4.79 Å². The molecule has 1 saturated carbocycles. The van der Waals surface area contributed by atoms with Gasteiger partial charge in [0, 0.05) is 16.5 Å². The Kier molecular flexibility index (Phi) is 9.37. The second-order valence-corrected chi connectivity index (χ2v) is 9.56. The number of aliphatic hydroxyl groups is 2. The van der Waals surface area contributed by atoms with Crippen molar-refractivity contribution in [2.24, 2.45) is 17.1 Å². The number of rotatable bonds is 11. The summed E-state index contributed by atoms with van der Waals surface area (Å²) in [7, 11) is 0. The number of halogens is 1. The van der Waals surface area contributed by atoms with E-state index in [4.69, 9.17) is 37.0 Å². The largest absolute Gasteiger partial charge is 0.491 e. The van der Waals surface area contributed by atoms with Crippen LogP contribution in [0.4, 0.5) is 0 Å². The summed E-state index contributed by atoms with van der Waals surface area (Å²) in [5.74, 6) is 1.27. The topological polar surface area (TPSA) is 102 Å². The highest BCUT2D eigenvalue weighted by Gasteiger charge is 2.50. The van der Waals surface area contributed by atoms with Gasteiger partial charge in [0.2, 0.25) is 0 Å². The molecule has 0 heterocycles. The first-order valence-corrected chi connectivity index (χ1v) is 12.4. The first-order valence-electron chi connectivity index (χ1n) is 12.0. The Bertz CT molecular complexity index is 935. The third-order valence-corrected chi connectivity index (χ3v) is 7.55. The molecular weight excluding hydrogens is 454 g/mol. The minimum Gasteiger partial charge on any atom is -0.491 e. The van der Waals surface area contributed by atoms with Gasteiger partial charge < -0.3 is 30.2 Å². The second kappa shape index (κ2) is 12.0. The normalized spacial score (nSPS) is 25.5. The first-order chi connectivity index (χ1) is 16.4. The lowest BCUT2D eigenvalue weighted by Gasteiger charge is -2.51. The molecule has 0 radical (unpaired) electrons. The molecule has 6 nitrogen and oxygen atoms in total. The molecular formula is C27H36ClNO5. The fourth-order valence-corrected chi connectivity index (χ4v) is 5.97. The van der Waals surface area contributed by atoms with Gasteiger partial charge in [-0.25, -0.2) is 0 Å². The minimum atomic E-state index is -0.502. The van der Waals surface area contributed by atoms with Gasteiger partial charge in [-0.2, -0.15) is 0 Å². The third kappa shape index (κ3) is 5.57. The van der Waals surface area contributed by atoms with Crippen LogP contribution in [0.2, 0.25) is 5.02 Å². The van der Waals surface area contributed by atoms with Gasteiger partial charge in [-0.05, 0) is 79.3 Å². The molecule has 34 heavy (non-hydrogen) atoms. The van der Waals surface area contributed by atoms with E-state index in [1.54, 1.807) is 6.07 Å². The zero-order valence-electron chi connectivity index (χ0n) is 20.0. The van der Waals surface area contributed by atoms with E-state index in [9.17, 15) is 4.79 Å². The average molecular weight is 490 g/mol. The molecule has 7 heteroatoms. The molecule has 2 aromatic carbocycles. The molecule has 2 aromatic rings. The highest BCUT2D eigenvalue weighted by atomic mass is 35.5. The summed E-state index contributed by atoms with van der Waals surface area (Å²) in [6.45, 7) is 4.38. The van der Waals surface area contributed by atoms with E-state index in [0.29, 0.717) is 16.5 Å². The Balaban J connectivity index is 2.06. The van der Waals surface area contributed by atoms with E-state index in [1.807, 2.05) is 43.3 Å². The van der Waals surface area contributed by atoms with Gasteiger partial charge >= 0.3 is 0 Å². The summed E-state index contributed by atoms with van der Waals surface area (Å²) >= 11 is 6.76. The molecule has 0 spiro atoms. The van der Waals surface area contributed by atoms with E-state index < -0.39 is 5.41 Å². The van der Waals surface area contributed by atoms with Crippen molar-refractivity contribution in [1.29, 1.82) is 0 Å². The Morgan fingerprint density at radius 3 is 2.26 bits per heavy atom. The summed E-state index contributed by atoms with van der Waals surface area (Å²) in [4.78, 5) is 12.5. The Labute approximate surface area is 207 Å². The van der Waals surface area contributed by atoms with Crippen LogP contribution in [-0.4, -0.2) is 49.0 Å². The van der Waals surface area contributed by atoms with E-state index in [0.717, 1.165) is 36.7 Å². The first kappa shape index (κ1) is 26.5. The molecule has 186 valence electrons. The number of carbonyl (C=O) groups excluding carboxylic acids is 1. The maximum absolute atomic E-state index is 12.5. The van der Waals surface area contributed by atoms with Crippen LogP contribution < -0.4 is 15.2 Å². The molecule has 0 bridgehead atoms. The van der Waals surface area contributed by atoms with Crippen molar-refractivity contribution in [2.75, 3.05) is 26.4 Å². The summed E-state index contributed by atoms with van der Waals surface area (Å²) in [5.41, 5.74) is 8.17.